The standard InChI is InChI=1S/C18H26FN3O2/c1-20-13-14-8-11-22(12-9-14)17(23)3-2-10-21-18(24)15-4-6-16(19)7-5-15/h4-7,14,20H,2-3,8-13H2,1H3,(H,21,24). The molecule has 1 aliphatic rings. The second kappa shape index (κ2) is 9.37. The summed E-state index contributed by atoms with van der Waals surface area (Å²) >= 11 is 0. The minimum absolute atomic E-state index is 0.161. The molecule has 0 aromatic heterocycles. The number of rotatable bonds is 7. The molecule has 5 nitrogen and oxygen atoms in total. The first-order valence-electron chi connectivity index (χ1n) is 8.56. The number of carbonyl (C=O) groups is 2. The normalized spacial score (nSPS) is 15.3. The maximum absolute atomic E-state index is 12.8. The molecule has 2 rings (SSSR count). The van der Waals surface area contributed by atoms with Crippen LogP contribution in [0.3, 0.4) is 0 Å². The van der Waals surface area contributed by atoms with Crippen molar-refractivity contribution in [3.63, 3.8) is 0 Å². The first-order chi connectivity index (χ1) is 11.6. The van der Waals surface area contributed by atoms with Gasteiger partial charge in [0.25, 0.3) is 5.91 Å². The molecule has 1 aliphatic heterocycles. The average Bonchev–Trinajstić information content (AvgIpc) is 2.60. The molecule has 2 amide bonds. The summed E-state index contributed by atoms with van der Waals surface area (Å²) in [6.45, 7) is 3.11. The lowest BCUT2D eigenvalue weighted by Crippen LogP contribution is -2.40. The topological polar surface area (TPSA) is 61.4 Å². The van der Waals surface area contributed by atoms with Crippen molar-refractivity contribution in [2.75, 3.05) is 33.2 Å². The Balaban J connectivity index is 1.62. The van der Waals surface area contributed by atoms with E-state index >= 15 is 0 Å². The Kier molecular flexibility index (Phi) is 7.18. The van der Waals surface area contributed by atoms with Crippen LogP contribution in [-0.2, 0) is 4.79 Å². The van der Waals surface area contributed by atoms with E-state index in [9.17, 15) is 14.0 Å². The van der Waals surface area contributed by atoms with Crippen LogP contribution >= 0.6 is 0 Å². The SMILES string of the molecule is CNCC1CCN(C(=O)CCCNC(=O)c2ccc(F)cc2)CC1. The molecule has 2 N–H and O–H groups in total. The highest BCUT2D eigenvalue weighted by atomic mass is 19.1. The van der Waals surface area contributed by atoms with E-state index in [1.807, 2.05) is 11.9 Å². The van der Waals surface area contributed by atoms with Crippen molar-refractivity contribution in [1.29, 1.82) is 0 Å². The molecule has 24 heavy (non-hydrogen) atoms. The molecule has 0 atom stereocenters. The molecule has 0 spiro atoms. The monoisotopic (exact) mass is 335 g/mol. The molecule has 132 valence electrons. The molecule has 1 aromatic rings. The minimum atomic E-state index is -0.365. The Morgan fingerprint density at radius 2 is 1.88 bits per heavy atom. The summed E-state index contributed by atoms with van der Waals surface area (Å²) in [6.07, 6.45) is 3.16. The van der Waals surface area contributed by atoms with Crippen LogP contribution in [0, 0.1) is 11.7 Å². The van der Waals surface area contributed by atoms with Gasteiger partial charge in [0.1, 0.15) is 5.82 Å². The van der Waals surface area contributed by atoms with Gasteiger partial charge in [-0.2, -0.15) is 0 Å². The van der Waals surface area contributed by atoms with Crippen LogP contribution in [0.25, 0.3) is 0 Å². The van der Waals surface area contributed by atoms with E-state index in [4.69, 9.17) is 0 Å². The highest BCUT2D eigenvalue weighted by Crippen LogP contribution is 2.17. The molecule has 1 fully saturated rings. The van der Waals surface area contributed by atoms with Gasteiger partial charge >= 0.3 is 0 Å². The van der Waals surface area contributed by atoms with E-state index < -0.39 is 0 Å². The second-order valence-corrected chi connectivity index (χ2v) is 6.25. The summed E-state index contributed by atoms with van der Waals surface area (Å²) in [6, 6.07) is 5.42. The van der Waals surface area contributed by atoms with Crippen molar-refractivity contribution >= 4 is 11.8 Å². The number of piperidine rings is 1. The quantitative estimate of drug-likeness (QED) is 0.747. The maximum atomic E-state index is 12.8. The van der Waals surface area contributed by atoms with Crippen LogP contribution in [0.2, 0.25) is 0 Å². The Hall–Kier alpha value is -1.95. The summed E-state index contributed by atoms with van der Waals surface area (Å²) in [7, 11) is 1.96. The van der Waals surface area contributed by atoms with Gasteiger partial charge < -0.3 is 15.5 Å². The fourth-order valence-corrected chi connectivity index (χ4v) is 2.98. The molecule has 0 unspecified atom stereocenters. The Morgan fingerprint density at radius 1 is 1.21 bits per heavy atom. The fraction of sp³-hybridized carbons (Fsp3) is 0.556. The van der Waals surface area contributed by atoms with Gasteiger partial charge in [-0.15, -0.1) is 0 Å². The molecule has 1 heterocycles. The van der Waals surface area contributed by atoms with Crippen molar-refractivity contribution in [3.8, 4) is 0 Å². The van der Waals surface area contributed by atoms with E-state index in [2.05, 4.69) is 10.6 Å². The van der Waals surface area contributed by atoms with Crippen molar-refractivity contribution in [2.45, 2.75) is 25.7 Å². The van der Waals surface area contributed by atoms with Gasteiger partial charge in [-0.1, -0.05) is 0 Å². The van der Waals surface area contributed by atoms with Gasteiger partial charge in [-0.3, -0.25) is 9.59 Å². The summed E-state index contributed by atoms with van der Waals surface area (Å²) < 4.78 is 12.8. The summed E-state index contributed by atoms with van der Waals surface area (Å²) in [5.41, 5.74) is 0.425. The zero-order chi connectivity index (χ0) is 17.4. The third-order valence-corrected chi connectivity index (χ3v) is 4.42. The van der Waals surface area contributed by atoms with Crippen molar-refractivity contribution in [2.24, 2.45) is 5.92 Å². The van der Waals surface area contributed by atoms with Crippen LogP contribution in [0.1, 0.15) is 36.0 Å². The first kappa shape index (κ1) is 18.4. The number of nitrogens with one attached hydrogen (secondary N) is 2. The minimum Gasteiger partial charge on any atom is -0.352 e. The third kappa shape index (κ3) is 5.60. The number of nitrogens with zero attached hydrogens (tertiary/aromatic N) is 1. The predicted molar refractivity (Wildman–Crippen MR) is 91.2 cm³/mol. The smallest absolute Gasteiger partial charge is 0.251 e. The molecule has 1 saturated heterocycles. The van der Waals surface area contributed by atoms with Crippen molar-refractivity contribution in [3.05, 3.63) is 35.6 Å². The van der Waals surface area contributed by atoms with Crippen molar-refractivity contribution < 1.29 is 14.0 Å². The molecule has 1 aromatic carbocycles. The lowest BCUT2D eigenvalue weighted by molar-refractivity contribution is -0.132. The van der Waals surface area contributed by atoms with Gasteiger partial charge in [-0.05, 0) is 63.0 Å². The number of likely N-dealkylation sites (tertiary alicyclic amines) is 1. The summed E-state index contributed by atoms with van der Waals surface area (Å²) in [4.78, 5) is 26.0. The Morgan fingerprint density at radius 3 is 2.50 bits per heavy atom. The number of benzene rings is 1. The lowest BCUT2D eigenvalue weighted by Gasteiger charge is -2.32. The van der Waals surface area contributed by atoms with Crippen LogP contribution in [0.4, 0.5) is 4.39 Å². The van der Waals surface area contributed by atoms with Crippen LogP contribution < -0.4 is 10.6 Å². The van der Waals surface area contributed by atoms with Gasteiger partial charge in [-0.25, -0.2) is 4.39 Å². The van der Waals surface area contributed by atoms with E-state index in [-0.39, 0.29) is 17.6 Å². The predicted octanol–water partition coefficient (Wildman–Crippen LogP) is 1.79. The molecule has 0 bridgehead atoms. The van der Waals surface area contributed by atoms with E-state index in [1.165, 1.54) is 24.3 Å². The highest BCUT2D eigenvalue weighted by Gasteiger charge is 2.21. The zero-order valence-electron chi connectivity index (χ0n) is 14.2. The first-order valence-corrected chi connectivity index (χ1v) is 8.56. The Bertz CT molecular complexity index is 540. The van der Waals surface area contributed by atoms with Crippen LogP contribution in [0.15, 0.2) is 24.3 Å². The van der Waals surface area contributed by atoms with Crippen LogP contribution in [0.5, 0.6) is 0 Å². The maximum Gasteiger partial charge on any atom is 0.251 e. The number of halogens is 1. The van der Waals surface area contributed by atoms with Crippen LogP contribution in [-0.4, -0.2) is 49.9 Å². The molecular weight excluding hydrogens is 309 g/mol. The fourth-order valence-electron chi connectivity index (χ4n) is 2.98. The second-order valence-electron chi connectivity index (χ2n) is 6.25. The number of amides is 2. The molecule has 6 heteroatoms. The summed E-state index contributed by atoms with van der Waals surface area (Å²) in [5, 5.41) is 5.95. The average molecular weight is 335 g/mol. The highest BCUT2D eigenvalue weighted by molar-refractivity contribution is 5.94. The third-order valence-electron chi connectivity index (χ3n) is 4.42. The lowest BCUT2D eigenvalue weighted by atomic mass is 9.96. The van der Waals surface area contributed by atoms with Gasteiger partial charge in [0.05, 0.1) is 0 Å². The van der Waals surface area contributed by atoms with Gasteiger partial charge in [0, 0.05) is 31.6 Å². The van der Waals surface area contributed by atoms with Gasteiger partial charge in [0.15, 0.2) is 0 Å². The van der Waals surface area contributed by atoms with E-state index in [1.54, 1.807) is 0 Å². The number of hydrogen-bond donors (Lipinski definition) is 2. The Labute approximate surface area is 142 Å². The molecular formula is C18H26FN3O2. The largest absolute Gasteiger partial charge is 0.352 e. The van der Waals surface area contributed by atoms with E-state index in [0.717, 1.165) is 32.5 Å². The molecule has 0 aliphatic carbocycles. The van der Waals surface area contributed by atoms with E-state index in [0.29, 0.717) is 30.9 Å². The number of hydrogen-bond acceptors (Lipinski definition) is 3. The summed E-state index contributed by atoms with van der Waals surface area (Å²) in [5.74, 6) is 0.217. The van der Waals surface area contributed by atoms with Crippen molar-refractivity contribution in [1.82, 2.24) is 15.5 Å². The molecule has 0 saturated carbocycles. The van der Waals surface area contributed by atoms with Gasteiger partial charge in [0.2, 0.25) is 5.91 Å². The number of carbonyl (C=O) groups excluding carboxylic acids is 2. The molecule has 0 radical (unpaired) electrons. The zero-order valence-corrected chi connectivity index (χ0v) is 14.2.